The van der Waals surface area contributed by atoms with Crippen molar-refractivity contribution in [2.75, 3.05) is 6.54 Å². The molecule has 0 bridgehead atoms. The van der Waals surface area contributed by atoms with E-state index in [0.29, 0.717) is 18.0 Å². The Morgan fingerprint density at radius 2 is 2.00 bits per heavy atom. The first kappa shape index (κ1) is 13.2. The van der Waals surface area contributed by atoms with E-state index in [1.807, 2.05) is 54.6 Å². The van der Waals surface area contributed by atoms with Gasteiger partial charge in [0.2, 0.25) is 5.90 Å². The molecule has 2 aromatic rings. The van der Waals surface area contributed by atoms with Crippen LogP contribution < -0.4 is 0 Å². The van der Waals surface area contributed by atoms with E-state index >= 15 is 0 Å². The van der Waals surface area contributed by atoms with Crippen LogP contribution in [-0.2, 0) is 4.74 Å². The third-order valence-corrected chi connectivity index (χ3v) is 3.27. The highest BCUT2D eigenvalue weighted by atomic mass is 16.5. The molecule has 0 saturated heterocycles. The van der Waals surface area contributed by atoms with Gasteiger partial charge in [0.25, 0.3) is 0 Å². The number of fused-ring (bicyclic) bond motifs is 1. The Kier molecular flexibility index (Phi) is 3.56. The molecule has 0 unspecified atom stereocenters. The molecule has 2 aromatic carbocycles. The Hall–Kier alpha value is -2.81. The van der Waals surface area contributed by atoms with Crippen LogP contribution in [0.15, 0.2) is 78.0 Å². The van der Waals surface area contributed by atoms with E-state index < -0.39 is 0 Å². The summed E-state index contributed by atoms with van der Waals surface area (Å²) in [5, 5.41) is 12.2. The summed E-state index contributed by atoms with van der Waals surface area (Å²) in [6.45, 7) is 4.08. The minimum Gasteiger partial charge on any atom is -0.506 e. The summed E-state index contributed by atoms with van der Waals surface area (Å²) >= 11 is 0. The molecule has 1 aliphatic rings. The number of hydrogen-bond donors (Lipinski definition) is 1. The van der Waals surface area contributed by atoms with Crippen LogP contribution in [0.2, 0.25) is 0 Å². The first-order valence-corrected chi connectivity index (χ1v) is 6.71. The van der Waals surface area contributed by atoms with Gasteiger partial charge in [0.1, 0.15) is 18.1 Å². The Morgan fingerprint density at radius 1 is 1.14 bits per heavy atom. The largest absolute Gasteiger partial charge is 0.506 e. The Bertz CT molecular complexity index is 785. The molecule has 0 fully saturated rings. The lowest BCUT2D eigenvalue weighted by atomic mass is 10.1. The topological polar surface area (TPSA) is 41.8 Å². The molecule has 1 N–H and O–H groups in total. The predicted molar refractivity (Wildman–Crippen MR) is 85.5 cm³/mol. The normalized spacial score (nSPS) is 16.4. The Morgan fingerprint density at radius 3 is 2.86 bits per heavy atom. The number of aliphatic imine (C=N–C) groups is 1. The minimum absolute atomic E-state index is 0.203. The van der Waals surface area contributed by atoms with E-state index in [1.54, 1.807) is 6.08 Å². The second kappa shape index (κ2) is 5.67. The fourth-order valence-corrected chi connectivity index (χ4v) is 2.23. The molecule has 0 saturated carbocycles. The molecular formula is C18H15NO2. The van der Waals surface area contributed by atoms with Gasteiger partial charge in [-0.05, 0) is 17.5 Å². The van der Waals surface area contributed by atoms with Gasteiger partial charge in [0.15, 0.2) is 0 Å². The monoisotopic (exact) mass is 277 g/mol. The van der Waals surface area contributed by atoms with Gasteiger partial charge < -0.3 is 9.84 Å². The molecule has 21 heavy (non-hydrogen) atoms. The van der Waals surface area contributed by atoms with Gasteiger partial charge in [0, 0.05) is 5.39 Å². The number of rotatable bonds is 3. The van der Waals surface area contributed by atoms with Gasteiger partial charge in [-0.2, -0.15) is 0 Å². The number of phenols is 1. The zero-order valence-corrected chi connectivity index (χ0v) is 11.5. The van der Waals surface area contributed by atoms with E-state index in [9.17, 15) is 5.11 Å². The van der Waals surface area contributed by atoms with E-state index in [0.717, 1.165) is 16.5 Å². The quantitative estimate of drug-likeness (QED) is 0.863. The van der Waals surface area contributed by atoms with Gasteiger partial charge >= 0.3 is 0 Å². The molecule has 1 aliphatic heterocycles. The highest BCUT2D eigenvalue weighted by Crippen LogP contribution is 2.30. The zero-order chi connectivity index (χ0) is 14.7. The number of benzene rings is 2. The standard InChI is InChI=1S/C18H15NO2/c1-2-3-4-8-14-12-19-18(21-14)16-11-10-13-7-5-6-9-15(13)17(16)20/h2-11,20H,1,12H2/b4-3-,14-8+. The minimum atomic E-state index is 0.203. The molecule has 0 spiro atoms. The summed E-state index contributed by atoms with van der Waals surface area (Å²) in [6.07, 6.45) is 7.21. The molecular weight excluding hydrogens is 262 g/mol. The maximum Gasteiger partial charge on any atom is 0.225 e. The molecule has 104 valence electrons. The number of allylic oxidation sites excluding steroid dienone is 4. The van der Waals surface area contributed by atoms with Gasteiger partial charge in [-0.15, -0.1) is 0 Å². The van der Waals surface area contributed by atoms with Crippen LogP contribution in [0.4, 0.5) is 0 Å². The zero-order valence-electron chi connectivity index (χ0n) is 11.5. The van der Waals surface area contributed by atoms with Crippen LogP contribution in [0.25, 0.3) is 10.8 Å². The third-order valence-electron chi connectivity index (χ3n) is 3.27. The first-order valence-electron chi connectivity index (χ1n) is 6.71. The molecule has 3 nitrogen and oxygen atoms in total. The summed E-state index contributed by atoms with van der Waals surface area (Å²) in [4.78, 5) is 4.34. The van der Waals surface area contributed by atoms with Crippen LogP contribution in [0, 0.1) is 0 Å². The predicted octanol–water partition coefficient (Wildman–Crippen LogP) is 3.95. The van der Waals surface area contributed by atoms with Gasteiger partial charge in [0.05, 0.1) is 5.56 Å². The van der Waals surface area contributed by atoms with Crippen LogP contribution in [-0.4, -0.2) is 17.5 Å². The van der Waals surface area contributed by atoms with E-state index in [4.69, 9.17) is 4.74 Å². The summed E-state index contributed by atoms with van der Waals surface area (Å²) < 4.78 is 5.69. The van der Waals surface area contributed by atoms with Gasteiger partial charge in [-0.3, -0.25) is 0 Å². The van der Waals surface area contributed by atoms with E-state index in [-0.39, 0.29) is 5.75 Å². The average Bonchev–Trinajstić information content (AvgIpc) is 2.97. The van der Waals surface area contributed by atoms with E-state index in [1.165, 1.54) is 0 Å². The molecule has 3 heteroatoms. The first-order chi connectivity index (χ1) is 10.3. The lowest BCUT2D eigenvalue weighted by Gasteiger charge is -2.08. The SMILES string of the molecule is C=C/C=C\C=C1/CN=C(c2ccc3ccccc3c2O)O1. The van der Waals surface area contributed by atoms with Gasteiger partial charge in [-0.1, -0.05) is 55.1 Å². The lowest BCUT2D eigenvalue weighted by Crippen LogP contribution is -2.01. The molecule has 0 radical (unpaired) electrons. The van der Waals surface area contributed by atoms with Crippen LogP contribution in [0.3, 0.4) is 0 Å². The smallest absolute Gasteiger partial charge is 0.225 e. The third kappa shape index (κ3) is 2.58. The van der Waals surface area contributed by atoms with E-state index in [2.05, 4.69) is 11.6 Å². The highest BCUT2D eigenvalue weighted by molar-refractivity contribution is 6.04. The van der Waals surface area contributed by atoms with Crippen LogP contribution >= 0.6 is 0 Å². The average molecular weight is 277 g/mol. The lowest BCUT2D eigenvalue weighted by molar-refractivity contribution is 0.433. The highest BCUT2D eigenvalue weighted by Gasteiger charge is 2.19. The number of nitrogens with zero attached hydrogens (tertiary/aromatic N) is 1. The molecule has 1 heterocycles. The van der Waals surface area contributed by atoms with Gasteiger partial charge in [-0.25, -0.2) is 4.99 Å². The van der Waals surface area contributed by atoms with Crippen molar-refractivity contribution in [1.29, 1.82) is 0 Å². The summed E-state index contributed by atoms with van der Waals surface area (Å²) in [7, 11) is 0. The number of hydrogen-bond acceptors (Lipinski definition) is 3. The maximum absolute atomic E-state index is 10.4. The molecule has 0 amide bonds. The van der Waals surface area contributed by atoms with Crippen molar-refractivity contribution in [3.63, 3.8) is 0 Å². The summed E-state index contributed by atoms with van der Waals surface area (Å²) in [5.74, 6) is 1.40. The molecule has 0 aromatic heterocycles. The summed E-state index contributed by atoms with van der Waals surface area (Å²) in [6, 6.07) is 11.5. The molecule has 0 atom stereocenters. The van der Waals surface area contributed by atoms with Crippen molar-refractivity contribution in [3.8, 4) is 5.75 Å². The van der Waals surface area contributed by atoms with Crippen molar-refractivity contribution in [2.45, 2.75) is 0 Å². The fourth-order valence-electron chi connectivity index (χ4n) is 2.23. The van der Waals surface area contributed by atoms with Crippen molar-refractivity contribution >= 4 is 16.7 Å². The summed E-state index contributed by atoms with van der Waals surface area (Å²) in [5.41, 5.74) is 0.616. The van der Waals surface area contributed by atoms with Crippen LogP contribution in [0.5, 0.6) is 5.75 Å². The Balaban J connectivity index is 1.92. The second-order valence-corrected chi connectivity index (χ2v) is 4.66. The van der Waals surface area contributed by atoms with Crippen molar-refractivity contribution in [1.82, 2.24) is 0 Å². The second-order valence-electron chi connectivity index (χ2n) is 4.66. The van der Waals surface area contributed by atoms with Crippen molar-refractivity contribution in [3.05, 3.63) is 78.6 Å². The fraction of sp³-hybridized carbons (Fsp3) is 0.0556. The number of aromatic hydroxyl groups is 1. The van der Waals surface area contributed by atoms with Crippen molar-refractivity contribution in [2.24, 2.45) is 4.99 Å². The Labute approximate surface area is 123 Å². The maximum atomic E-state index is 10.4. The number of phenolic OH excluding ortho intramolecular Hbond substituents is 1. The molecule has 3 rings (SSSR count). The van der Waals surface area contributed by atoms with Crippen LogP contribution in [0.1, 0.15) is 5.56 Å². The van der Waals surface area contributed by atoms with Crippen molar-refractivity contribution < 1.29 is 9.84 Å². The molecule has 0 aliphatic carbocycles. The number of ether oxygens (including phenoxy) is 1.